The monoisotopic (exact) mass is 370 g/mol. The van der Waals surface area contributed by atoms with E-state index in [9.17, 15) is 0 Å². The van der Waals surface area contributed by atoms with Crippen LogP contribution in [0.25, 0.3) is 0 Å². The van der Waals surface area contributed by atoms with Crippen molar-refractivity contribution in [3.05, 3.63) is 0 Å². The zero-order chi connectivity index (χ0) is 12.7. The quantitative estimate of drug-likeness (QED) is 0.457. The van der Waals surface area contributed by atoms with Crippen LogP contribution >= 0.6 is 31.9 Å². The molecule has 0 spiro atoms. The molecule has 0 aromatic carbocycles. The van der Waals surface area contributed by atoms with Crippen LogP contribution in [0.1, 0.15) is 52.4 Å². The van der Waals surface area contributed by atoms with Crippen LogP contribution in [0.2, 0.25) is 0 Å². The Morgan fingerprint density at radius 1 is 1.00 bits per heavy atom. The standard InChI is InChI=1S/C13H24Br2O2/c1-3-5-6-7-8-12(15)13(11(14)4-2)16-9-10-17-13/h11-12H,3-10H2,1-2H3. The highest BCUT2D eigenvalue weighted by Crippen LogP contribution is 2.39. The van der Waals surface area contributed by atoms with Crippen LogP contribution in [0.5, 0.6) is 0 Å². The van der Waals surface area contributed by atoms with Gasteiger partial charge in [0.25, 0.3) is 0 Å². The van der Waals surface area contributed by atoms with E-state index in [-0.39, 0.29) is 9.65 Å². The smallest absolute Gasteiger partial charge is 0.193 e. The molecule has 0 aliphatic carbocycles. The summed E-state index contributed by atoms with van der Waals surface area (Å²) in [5, 5.41) is 0. The molecular formula is C13H24Br2O2. The number of hydrogen-bond donors (Lipinski definition) is 0. The highest BCUT2D eigenvalue weighted by Gasteiger charge is 2.47. The van der Waals surface area contributed by atoms with Crippen molar-refractivity contribution in [2.45, 2.75) is 67.8 Å². The number of unbranched alkanes of at least 4 members (excludes halogenated alkanes) is 3. The topological polar surface area (TPSA) is 18.5 Å². The Hall–Kier alpha value is 0.880. The van der Waals surface area contributed by atoms with Crippen LogP contribution < -0.4 is 0 Å². The van der Waals surface area contributed by atoms with Crippen LogP contribution in [0.4, 0.5) is 0 Å². The highest BCUT2D eigenvalue weighted by atomic mass is 79.9. The van der Waals surface area contributed by atoms with Gasteiger partial charge in [0.05, 0.1) is 22.9 Å². The second-order valence-electron chi connectivity index (χ2n) is 4.61. The molecule has 1 aliphatic heterocycles. The van der Waals surface area contributed by atoms with Crippen molar-refractivity contribution in [1.29, 1.82) is 0 Å². The van der Waals surface area contributed by atoms with Crippen molar-refractivity contribution in [2.24, 2.45) is 0 Å². The van der Waals surface area contributed by atoms with Crippen molar-refractivity contribution in [1.82, 2.24) is 0 Å². The fraction of sp³-hybridized carbons (Fsp3) is 1.00. The van der Waals surface area contributed by atoms with Gasteiger partial charge in [0.1, 0.15) is 0 Å². The molecule has 1 fully saturated rings. The van der Waals surface area contributed by atoms with E-state index in [1.807, 2.05) is 0 Å². The summed E-state index contributed by atoms with van der Waals surface area (Å²) in [6.45, 7) is 5.81. The minimum absolute atomic E-state index is 0.257. The van der Waals surface area contributed by atoms with Gasteiger partial charge < -0.3 is 9.47 Å². The molecule has 17 heavy (non-hydrogen) atoms. The second kappa shape index (κ2) is 8.13. The summed E-state index contributed by atoms with van der Waals surface area (Å²) in [6.07, 6.45) is 7.26. The minimum Gasteiger partial charge on any atom is -0.345 e. The summed E-state index contributed by atoms with van der Waals surface area (Å²) in [4.78, 5) is 0.534. The zero-order valence-corrected chi connectivity index (χ0v) is 14.1. The van der Waals surface area contributed by atoms with Crippen LogP contribution in [0, 0.1) is 0 Å². The van der Waals surface area contributed by atoms with Crippen molar-refractivity contribution in [2.75, 3.05) is 13.2 Å². The molecule has 2 nitrogen and oxygen atoms in total. The largest absolute Gasteiger partial charge is 0.345 e. The van der Waals surface area contributed by atoms with E-state index in [0.717, 1.165) is 12.8 Å². The van der Waals surface area contributed by atoms with Gasteiger partial charge in [-0.1, -0.05) is 71.4 Å². The lowest BCUT2D eigenvalue weighted by Crippen LogP contribution is -2.48. The van der Waals surface area contributed by atoms with Crippen molar-refractivity contribution >= 4 is 31.9 Å². The van der Waals surface area contributed by atoms with E-state index >= 15 is 0 Å². The molecule has 0 aromatic rings. The molecule has 0 aromatic heterocycles. The van der Waals surface area contributed by atoms with E-state index < -0.39 is 5.79 Å². The highest BCUT2D eigenvalue weighted by molar-refractivity contribution is 9.10. The third-order valence-electron chi connectivity index (χ3n) is 3.28. The molecule has 0 saturated carbocycles. The normalized spacial score (nSPS) is 22.6. The number of rotatable bonds is 8. The van der Waals surface area contributed by atoms with Gasteiger partial charge in [0.2, 0.25) is 0 Å². The van der Waals surface area contributed by atoms with Gasteiger partial charge in [-0.25, -0.2) is 0 Å². The van der Waals surface area contributed by atoms with E-state index in [2.05, 4.69) is 45.7 Å². The van der Waals surface area contributed by atoms with Crippen molar-refractivity contribution in [3.8, 4) is 0 Å². The Labute approximate surface area is 122 Å². The molecule has 1 rings (SSSR count). The Morgan fingerprint density at radius 2 is 1.65 bits per heavy atom. The first-order chi connectivity index (χ1) is 8.17. The molecular weight excluding hydrogens is 348 g/mol. The molecule has 2 atom stereocenters. The predicted octanol–water partition coefficient (Wildman–Crippen LogP) is 4.64. The molecule has 1 saturated heterocycles. The molecule has 0 N–H and O–H groups in total. The minimum atomic E-state index is -0.457. The van der Waals surface area contributed by atoms with E-state index in [1.54, 1.807) is 0 Å². The lowest BCUT2D eigenvalue weighted by Gasteiger charge is -2.36. The zero-order valence-electron chi connectivity index (χ0n) is 10.9. The summed E-state index contributed by atoms with van der Waals surface area (Å²) in [5.41, 5.74) is 0. The molecule has 0 amide bonds. The van der Waals surface area contributed by atoms with Crippen LogP contribution in [0.3, 0.4) is 0 Å². The fourth-order valence-electron chi connectivity index (χ4n) is 2.24. The molecule has 1 heterocycles. The predicted molar refractivity (Wildman–Crippen MR) is 79.1 cm³/mol. The van der Waals surface area contributed by atoms with Crippen molar-refractivity contribution in [3.63, 3.8) is 0 Å². The van der Waals surface area contributed by atoms with Gasteiger partial charge in [-0.15, -0.1) is 0 Å². The van der Waals surface area contributed by atoms with Crippen molar-refractivity contribution < 1.29 is 9.47 Å². The van der Waals surface area contributed by atoms with Crippen LogP contribution in [0.15, 0.2) is 0 Å². The van der Waals surface area contributed by atoms with Gasteiger partial charge >= 0.3 is 0 Å². The molecule has 4 heteroatoms. The Balaban J connectivity index is 2.46. The number of halogens is 2. The number of alkyl halides is 2. The van der Waals surface area contributed by atoms with Gasteiger partial charge in [-0.2, -0.15) is 0 Å². The lowest BCUT2D eigenvalue weighted by molar-refractivity contribution is -0.155. The molecule has 1 aliphatic rings. The molecule has 0 bridgehead atoms. The molecule has 102 valence electrons. The van der Waals surface area contributed by atoms with Gasteiger partial charge in [0, 0.05) is 0 Å². The average molecular weight is 372 g/mol. The molecule has 0 radical (unpaired) electrons. The second-order valence-corrected chi connectivity index (χ2v) is 6.82. The third kappa shape index (κ3) is 4.19. The Kier molecular flexibility index (Phi) is 7.62. The average Bonchev–Trinajstić information content (AvgIpc) is 2.84. The Morgan fingerprint density at radius 3 is 2.18 bits per heavy atom. The summed E-state index contributed by atoms with van der Waals surface area (Å²) in [7, 11) is 0. The molecule has 2 unspecified atom stereocenters. The SMILES string of the molecule is CCCCCCC(Br)C1(C(Br)CC)OCCO1. The number of hydrogen-bond acceptors (Lipinski definition) is 2. The number of ether oxygens (including phenoxy) is 2. The Bertz CT molecular complexity index is 206. The first-order valence-corrected chi connectivity index (χ1v) is 8.56. The summed E-state index contributed by atoms with van der Waals surface area (Å²) < 4.78 is 11.8. The van der Waals surface area contributed by atoms with E-state index in [4.69, 9.17) is 9.47 Å². The summed E-state index contributed by atoms with van der Waals surface area (Å²) in [5.74, 6) is -0.457. The van der Waals surface area contributed by atoms with Crippen LogP contribution in [-0.2, 0) is 9.47 Å². The maximum absolute atomic E-state index is 5.90. The first kappa shape index (κ1) is 15.9. The van der Waals surface area contributed by atoms with Gasteiger partial charge in [-0.3, -0.25) is 0 Å². The van der Waals surface area contributed by atoms with Gasteiger partial charge in [-0.05, 0) is 12.8 Å². The van der Waals surface area contributed by atoms with Crippen LogP contribution in [-0.4, -0.2) is 28.7 Å². The van der Waals surface area contributed by atoms with Gasteiger partial charge in [0.15, 0.2) is 5.79 Å². The fourth-order valence-corrected chi connectivity index (χ4v) is 4.08. The third-order valence-corrected chi connectivity index (χ3v) is 5.66. The summed E-state index contributed by atoms with van der Waals surface area (Å²) in [6, 6.07) is 0. The summed E-state index contributed by atoms with van der Waals surface area (Å²) >= 11 is 7.48. The lowest BCUT2D eigenvalue weighted by atomic mass is 10.0. The first-order valence-electron chi connectivity index (χ1n) is 6.73. The maximum Gasteiger partial charge on any atom is 0.193 e. The van der Waals surface area contributed by atoms with E-state index in [0.29, 0.717) is 13.2 Å². The maximum atomic E-state index is 5.90. The van der Waals surface area contributed by atoms with E-state index in [1.165, 1.54) is 25.7 Å².